The van der Waals surface area contributed by atoms with E-state index in [1.54, 1.807) is 0 Å². The van der Waals surface area contributed by atoms with Crippen LogP contribution in [0.15, 0.2) is 0 Å². The number of rotatable bonds is 3. The Kier molecular flexibility index (Phi) is 4.72. The van der Waals surface area contributed by atoms with Crippen molar-refractivity contribution < 1.29 is 8.76 Å². The highest BCUT2D eigenvalue weighted by Crippen LogP contribution is 2.36. The molecule has 0 amide bonds. The van der Waals surface area contributed by atoms with Crippen molar-refractivity contribution in [1.29, 1.82) is 0 Å². The van der Waals surface area contributed by atoms with Gasteiger partial charge in [-0.15, -0.1) is 0 Å². The van der Waals surface area contributed by atoms with Crippen molar-refractivity contribution in [2.45, 2.75) is 13.8 Å². The first-order valence-electron chi connectivity index (χ1n) is 2.58. The Morgan fingerprint density at radius 3 is 1.88 bits per heavy atom. The highest BCUT2D eigenvalue weighted by atomic mass is 32.8. The molecule has 0 radical (unpaired) electrons. The molecule has 1 N–H and O–H groups in total. The Balaban J connectivity index is 3.52. The van der Waals surface area contributed by atoms with E-state index in [9.17, 15) is 4.21 Å². The van der Waals surface area contributed by atoms with Crippen LogP contribution < -0.4 is 0 Å². The zero-order chi connectivity index (χ0) is 6.57. The highest BCUT2D eigenvalue weighted by molar-refractivity contribution is 8.43. The summed E-state index contributed by atoms with van der Waals surface area (Å²) in [6.07, 6.45) is 1.71. The highest BCUT2D eigenvalue weighted by Gasteiger charge is 2.06. The Hall–Kier alpha value is 0.540. The van der Waals surface area contributed by atoms with Gasteiger partial charge in [0, 0.05) is 7.12 Å². The standard InChI is InChI=1S/C4H11O2PS/c1-3-7(4-2)8(5)6/h3-4H2,1-2H3,(H,5,6). The van der Waals surface area contributed by atoms with Crippen LogP contribution in [0.2, 0.25) is 0 Å². The lowest BCUT2D eigenvalue weighted by molar-refractivity contribution is 0.580. The SMILES string of the molecule is CCP(CC)S(=O)O. The first kappa shape index (κ1) is 8.54. The fraction of sp³-hybridized carbons (Fsp3) is 1.00. The minimum Gasteiger partial charge on any atom is -0.303 e. The number of hydrogen-bond donors (Lipinski definition) is 1. The van der Waals surface area contributed by atoms with Crippen LogP contribution in [0.3, 0.4) is 0 Å². The van der Waals surface area contributed by atoms with Crippen molar-refractivity contribution in [3.05, 3.63) is 0 Å². The second kappa shape index (κ2) is 4.42. The van der Waals surface area contributed by atoms with Gasteiger partial charge in [-0.2, -0.15) is 0 Å². The summed E-state index contributed by atoms with van der Waals surface area (Å²) in [4.78, 5) is 0. The van der Waals surface area contributed by atoms with Crippen molar-refractivity contribution in [1.82, 2.24) is 0 Å². The van der Waals surface area contributed by atoms with Crippen molar-refractivity contribution in [3.8, 4) is 0 Å². The fourth-order valence-electron chi connectivity index (χ4n) is 0.444. The molecule has 0 saturated heterocycles. The third-order valence-corrected chi connectivity index (χ3v) is 5.65. The van der Waals surface area contributed by atoms with E-state index in [2.05, 4.69) is 0 Å². The maximum absolute atomic E-state index is 10.3. The predicted octanol–water partition coefficient (Wildman–Crippen LogP) is 1.64. The molecule has 0 spiro atoms. The molecule has 8 heavy (non-hydrogen) atoms. The van der Waals surface area contributed by atoms with E-state index in [0.717, 1.165) is 12.3 Å². The zero-order valence-corrected chi connectivity index (χ0v) is 6.84. The molecular weight excluding hydrogens is 143 g/mol. The van der Waals surface area contributed by atoms with E-state index >= 15 is 0 Å². The van der Waals surface area contributed by atoms with E-state index in [0.29, 0.717) is 0 Å². The third kappa shape index (κ3) is 2.75. The van der Waals surface area contributed by atoms with Crippen molar-refractivity contribution >= 4 is 17.8 Å². The molecule has 0 aliphatic carbocycles. The van der Waals surface area contributed by atoms with Gasteiger partial charge in [0.15, 0.2) is 10.7 Å². The van der Waals surface area contributed by atoms with Crippen LogP contribution in [-0.4, -0.2) is 21.1 Å². The minimum absolute atomic E-state index is 0.587. The third-order valence-electron chi connectivity index (χ3n) is 0.926. The monoisotopic (exact) mass is 154 g/mol. The van der Waals surface area contributed by atoms with E-state index in [-0.39, 0.29) is 0 Å². The molecule has 0 fully saturated rings. The van der Waals surface area contributed by atoms with Gasteiger partial charge in [0.05, 0.1) is 0 Å². The molecule has 0 aromatic heterocycles. The van der Waals surface area contributed by atoms with Crippen LogP contribution in [0.1, 0.15) is 13.8 Å². The van der Waals surface area contributed by atoms with Gasteiger partial charge in [0.25, 0.3) is 0 Å². The molecule has 50 valence electrons. The van der Waals surface area contributed by atoms with E-state index in [4.69, 9.17) is 4.55 Å². The van der Waals surface area contributed by atoms with Gasteiger partial charge >= 0.3 is 0 Å². The second-order valence-electron chi connectivity index (χ2n) is 1.34. The minimum atomic E-state index is -1.54. The molecule has 0 rings (SSSR count). The van der Waals surface area contributed by atoms with Crippen LogP contribution in [0.5, 0.6) is 0 Å². The van der Waals surface area contributed by atoms with Crippen molar-refractivity contribution in [3.63, 3.8) is 0 Å². The molecule has 0 aliphatic rings. The lowest BCUT2D eigenvalue weighted by Crippen LogP contribution is -1.89. The Labute approximate surface area is 53.5 Å². The van der Waals surface area contributed by atoms with Crippen LogP contribution in [0.4, 0.5) is 0 Å². The summed E-state index contributed by atoms with van der Waals surface area (Å²) in [5.41, 5.74) is 0. The van der Waals surface area contributed by atoms with Crippen molar-refractivity contribution in [2.24, 2.45) is 0 Å². The average molecular weight is 154 g/mol. The summed E-state index contributed by atoms with van der Waals surface area (Å²) in [7, 11) is -2.13. The van der Waals surface area contributed by atoms with Gasteiger partial charge in [-0.25, -0.2) is 4.21 Å². The second-order valence-corrected chi connectivity index (χ2v) is 6.52. The fourth-order valence-corrected chi connectivity index (χ4v) is 2.66. The van der Waals surface area contributed by atoms with Gasteiger partial charge in [0.2, 0.25) is 0 Å². The summed E-state index contributed by atoms with van der Waals surface area (Å²) in [6, 6.07) is 0. The van der Waals surface area contributed by atoms with Crippen LogP contribution >= 0.6 is 7.12 Å². The Morgan fingerprint density at radius 2 is 1.88 bits per heavy atom. The topological polar surface area (TPSA) is 37.3 Å². The normalized spacial score (nSPS) is 14.5. The van der Waals surface area contributed by atoms with E-state index in [1.165, 1.54) is 0 Å². The first-order chi connectivity index (χ1) is 3.72. The van der Waals surface area contributed by atoms with Crippen LogP contribution in [0, 0.1) is 0 Å². The van der Waals surface area contributed by atoms with Gasteiger partial charge < -0.3 is 4.55 Å². The van der Waals surface area contributed by atoms with Gasteiger partial charge in [0.1, 0.15) is 0 Å². The summed E-state index contributed by atoms with van der Waals surface area (Å²) in [5.74, 6) is 0. The van der Waals surface area contributed by atoms with Gasteiger partial charge in [-0.3, -0.25) is 0 Å². The quantitative estimate of drug-likeness (QED) is 0.495. The van der Waals surface area contributed by atoms with Gasteiger partial charge in [-0.05, 0) is 12.3 Å². The van der Waals surface area contributed by atoms with Gasteiger partial charge in [-0.1, -0.05) is 13.8 Å². The maximum atomic E-state index is 10.3. The molecule has 1 unspecified atom stereocenters. The molecule has 2 nitrogen and oxygen atoms in total. The summed E-state index contributed by atoms with van der Waals surface area (Å²) in [5, 5.41) is 0. The Bertz CT molecular complexity index is 82.1. The maximum Gasteiger partial charge on any atom is 0.173 e. The molecule has 0 aromatic carbocycles. The molecule has 0 bridgehead atoms. The molecule has 0 aromatic rings. The largest absolute Gasteiger partial charge is 0.303 e. The predicted molar refractivity (Wildman–Crippen MR) is 38.8 cm³/mol. The number of hydrogen-bond acceptors (Lipinski definition) is 1. The summed E-state index contributed by atoms with van der Waals surface area (Å²) >= 11 is 0. The van der Waals surface area contributed by atoms with E-state index < -0.39 is 17.8 Å². The van der Waals surface area contributed by atoms with Crippen LogP contribution in [0.25, 0.3) is 0 Å². The molecular formula is C4H11O2PS. The molecule has 1 atom stereocenters. The zero-order valence-electron chi connectivity index (χ0n) is 5.13. The van der Waals surface area contributed by atoms with Crippen molar-refractivity contribution in [2.75, 3.05) is 12.3 Å². The molecule has 0 aliphatic heterocycles. The summed E-state index contributed by atoms with van der Waals surface area (Å²) < 4.78 is 18.8. The molecule has 0 saturated carbocycles. The lowest BCUT2D eigenvalue weighted by atomic mass is 11.0. The summed E-state index contributed by atoms with van der Waals surface area (Å²) in [6.45, 7) is 3.90. The lowest BCUT2D eigenvalue weighted by Gasteiger charge is -2.04. The van der Waals surface area contributed by atoms with E-state index in [1.807, 2.05) is 13.8 Å². The first-order valence-corrected chi connectivity index (χ1v) is 6.00. The average Bonchev–Trinajstić information content (AvgIpc) is 1.69. The molecule has 4 heteroatoms. The van der Waals surface area contributed by atoms with Crippen LogP contribution in [-0.2, 0) is 10.7 Å². The Morgan fingerprint density at radius 1 is 1.50 bits per heavy atom. The smallest absolute Gasteiger partial charge is 0.173 e. The molecule has 0 heterocycles.